The van der Waals surface area contributed by atoms with Gasteiger partial charge in [0, 0.05) is 18.5 Å². The highest BCUT2D eigenvalue weighted by Gasteiger charge is 2.13. The number of halogens is 1. The van der Waals surface area contributed by atoms with Crippen LogP contribution in [0, 0.1) is 5.92 Å². The summed E-state index contributed by atoms with van der Waals surface area (Å²) in [6.07, 6.45) is 0.898. The predicted molar refractivity (Wildman–Crippen MR) is 95.6 cm³/mol. The molecule has 0 radical (unpaired) electrons. The Kier molecular flexibility index (Phi) is 7.63. The van der Waals surface area contributed by atoms with Gasteiger partial charge in [-0.3, -0.25) is 0 Å². The average molecular weight is 405 g/mol. The van der Waals surface area contributed by atoms with Gasteiger partial charge in [0.1, 0.15) is 0 Å². The Hall–Kier alpha value is -1.18. The molecule has 0 saturated heterocycles. The molecule has 0 fully saturated rings. The molecule has 118 valence electrons. The van der Waals surface area contributed by atoms with Crippen molar-refractivity contribution in [2.75, 3.05) is 19.8 Å². The molecule has 1 aromatic carbocycles. The molecule has 1 aromatic rings. The minimum atomic E-state index is 0. The molecule has 21 heavy (non-hydrogen) atoms. The van der Waals surface area contributed by atoms with Crippen LogP contribution in [-0.2, 0) is 6.54 Å². The highest BCUT2D eigenvalue weighted by molar-refractivity contribution is 14.0. The lowest BCUT2D eigenvalue weighted by atomic mass is 10.2. The van der Waals surface area contributed by atoms with Crippen LogP contribution in [0.1, 0.15) is 25.8 Å². The summed E-state index contributed by atoms with van der Waals surface area (Å²) in [5.41, 5.74) is 6.84. The molecule has 0 aliphatic carbocycles. The van der Waals surface area contributed by atoms with Gasteiger partial charge in [-0.25, -0.2) is 4.99 Å². The zero-order valence-corrected chi connectivity index (χ0v) is 14.9. The first-order chi connectivity index (χ1) is 9.66. The van der Waals surface area contributed by atoms with Crippen LogP contribution in [0.25, 0.3) is 0 Å². The lowest BCUT2D eigenvalue weighted by Gasteiger charge is -2.12. The first-order valence-corrected chi connectivity index (χ1v) is 7.08. The van der Waals surface area contributed by atoms with Crippen LogP contribution in [0.5, 0.6) is 11.5 Å². The first-order valence-electron chi connectivity index (χ1n) is 7.08. The molecular weight excluding hydrogens is 381 g/mol. The summed E-state index contributed by atoms with van der Waals surface area (Å²) in [5.74, 6) is 2.59. The Morgan fingerprint density at radius 3 is 2.86 bits per heavy atom. The molecule has 0 amide bonds. The molecule has 1 aliphatic rings. The monoisotopic (exact) mass is 405 g/mol. The predicted octanol–water partition coefficient (Wildman–Crippen LogP) is 2.53. The van der Waals surface area contributed by atoms with Crippen LogP contribution >= 0.6 is 24.0 Å². The van der Waals surface area contributed by atoms with E-state index in [2.05, 4.69) is 24.2 Å². The van der Waals surface area contributed by atoms with Gasteiger partial charge < -0.3 is 20.5 Å². The van der Waals surface area contributed by atoms with E-state index in [1.165, 1.54) is 0 Å². The second-order valence-electron chi connectivity index (χ2n) is 5.27. The number of nitrogens with two attached hydrogens (primary N) is 1. The van der Waals surface area contributed by atoms with E-state index in [4.69, 9.17) is 15.2 Å². The van der Waals surface area contributed by atoms with Gasteiger partial charge in [0.2, 0.25) is 0 Å². The normalized spacial score (nSPS) is 14.3. The molecule has 3 N–H and O–H groups in total. The van der Waals surface area contributed by atoms with Crippen LogP contribution in [0.15, 0.2) is 23.2 Å². The molecule has 0 atom stereocenters. The minimum Gasteiger partial charge on any atom is -0.490 e. The van der Waals surface area contributed by atoms with E-state index < -0.39 is 0 Å². The summed E-state index contributed by atoms with van der Waals surface area (Å²) < 4.78 is 11.4. The van der Waals surface area contributed by atoms with Gasteiger partial charge in [-0.1, -0.05) is 26.0 Å². The van der Waals surface area contributed by atoms with Crippen LogP contribution in [0.4, 0.5) is 0 Å². The number of rotatable bonds is 4. The largest absolute Gasteiger partial charge is 0.490 e. The molecule has 2 rings (SSSR count). The summed E-state index contributed by atoms with van der Waals surface area (Å²) in [5, 5.41) is 3.10. The number of hydrogen-bond donors (Lipinski definition) is 2. The molecule has 0 spiro atoms. The van der Waals surface area contributed by atoms with Gasteiger partial charge in [-0.2, -0.15) is 0 Å². The van der Waals surface area contributed by atoms with E-state index in [-0.39, 0.29) is 24.0 Å². The standard InChI is InChI=1S/C15H23N3O2.HI/c1-11(2)9-17-15(16)18-10-12-5-3-6-13-14(12)20-8-4-7-19-13;/h3,5-6,11H,4,7-10H2,1-2H3,(H3,16,17,18);1H. The summed E-state index contributed by atoms with van der Waals surface area (Å²) in [6.45, 7) is 6.93. The number of ether oxygens (including phenoxy) is 2. The second-order valence-corrected chi connectivity index (χ2v) is 5.27. The number of nitrogens with zero attached hydrogens (tertiary/aromatic N) is 1. The zero-order chi connectivity index (χ0) is 14.4. The molecule has 0 aromatic heterocycles. The SMILES string of the molecule is CC(C)CNC(N)=NCc1cccc2c1OCCCO2.I. The van der Waals surface area contributed by atoms with Crippen molar-refractivity contribution in [3.8, 4) is 11.5 Å². The Morgan fingerprint density at radius 2 is 2.10 bits per heavy atom. The van der Waals surface area contributed by atoms with Crippen molar-refractivity contribution in [1.29, 1.82) is 0 Å². The van der Waals surface area contributed by atoms with E-state index in [0.717, 1.165) is 30.0 Å². The van der Waals surface area contributed by atoms with E-state index in [1.807, 2.05) is 18.2 Å². The highest BCUT2D eigenvalue weighted by atomic mass is 127. The highest BCUT2D eigenvalue weighted by Crippen LogP contribution is 2.33. The number of benzene rings is 1. The maximum absolute atomic E-state index is 5.84. The zero-order valence-electron chi connectivity index (χ0n) is 12.6. The van der Waals surface area contributed by atoms with E-state index in [0.29, 0.717) is 31.6 Å². The molecule has 0 unspecified atom stereocenters. The van der Waals surface area contributed by atoms with Gasteiger partial charge in [0.15, 0.2) is 17.5 Å². The molecule has 1 heterocycles. The lowest BCUT2D eigenvalue weighted by Crippen LogP contribution is -2.34. The Morgan fingerprint density at radius 1 is 1.33 bits per heavy atom. The topological polar surface area (TPSA) is 68.9 Å². The Labute approximate surface area is 143 Å². The molecule has 0 saturated carbocycles. The van der Waals surface area contributed by atoms with Gasteiger partial charge in [0.25, 0.3) is 0 Å². The Bertz CT molecular complexity index is 478. The Balaban J connectivity index is 0.00000220. The molecule has 0 bridgehead atoms. The fourth-order valence-electron chi connectivity index (χ4n) is 1.91. The van der Waals surface area contributed by atoms with Crippen molar-refractivity contribution >= 4 is 29.9 Å². The van der Waals surface area contributed by atoms with Crippen LogP contribution in [-0.4, -0.2) is 25.7 Å². The van der Waals surface area contributed by atoms with Crippen LogP contribution < -0.4 is 20.5 Å². The van der Waals surface area contributed by atoms with Crippen molar-refractivity contribution in [1.82, 2.24) is 5.32 Å². The van der Waals surface area contributed by atoms with Gasteiger partial charge >= 0.3 is 0 Å². The van der Waals surface area contributed by atoms with Gasteiger partial charge in [0.05, 0.1) is 19.8 Å². The van der Waals surface area contributed by atoms with Gasteiger partial charge in [-0.05, 0) is 12.0 Å². The van der Waals surface area contributed by atoms with E-state index >= 15 is 0 Å². The number of aliphatic imine (C=N–C) groups is 1. The van der Waals surface area contributed by atoms with Crippen LogP contribution in [0.2, 0.25) is 0 Å². The molecule has 1 aliphatic heterocycles. The third-order valence-electron chi connectivity index (χ3n) is 2.96. The third kappa shape index (κ3) is 5.61. The average Bonchev–Trinajstić information content (AvgIpc) is 2.68. The molecule has 6 heteroatoms. The maximum atomic E-state index is 5.84. The maximum Gasteiger partial charge on any atom is 0.188 e. The first kappa shape index (κ1) is 17.9. The quantitative estimate of drug-likeness (QED) is 0.459. The number of fused-ring (bicyclic) bond motifs is 1. The summed E-state index contributed by atoms with van der Waals surface area (Å²) in [6, 6.07) is 5.87. The van der Waals surface area contributed by atoms with Crippen molar-refractivity contribution in [2.24, 2.45) is 16.6 Å². The van der Waals surface area contributed by atoms with Crippen molar-refractivity contribution in [2.45, 2.75) is 26.8 Å². The second kappa shape index (κ2) is 8.96. The van der Waals surface area contributed by atoms with E-state index in [9.17, 15) is 0 Å². The lowest BCUT2D eigenvalue weighted by molar-refractivity contribution is 0.296. The third-order valence-corrected chi connectivity index (χ3v) is 2.96. The number of nitrogens with one attached hydrogen (secondary N) is 1. The van der Waals surface area contributed by atoms with E-state index in [1.54, 1.807) is 0 Å². The summed E-state index contributed by atoms with van der Waals surface area (Å²) >= 11 is 0. The smallest absolute Gasteiger partial charge is 0.188 e. The number of hydrogen-bond acceptors (Lipinski definition) is 3. The fourth-order valence-corrected chi connectivity index (χ4v) is 1.91. The summed E-state index contributed by atoms with van der Waals surface area (Å²) in [4.78, 5) is 4.35. The number of para-hydroxylation sites is 1. The summed E-state index contributed by atoms with van der Waals surface area (Å²) in [7, 11) is 0. The molecular formula is C15H24IN3O2. The minimum absolute atomic E-state index is 0. The fraction of sp³-hybridized carbons (Fsp3) is 0.533. The van der Waals surface area contributed by atoms with Crippen molar-refractivity contribution in [3.63, 3.8) is 0 Å². The van der Waals surface area contributed by atoms with Crippen LogP contribution in [0.3, 0.4) is 0 Å². The van der Waals surface area contributed by atoms with Crippen molar-refractivity contribution < 1.29 is 9.47 Å². The van der Waals surface area contributed by atoms with Gasteiger partial charge in [-0.15, -0.1) is 24.0 Å². The van der Waals surface area contributed by atoms with Crippen molar-refractivity contribution in [3.05, 3.63) is 23.8 Å². The molecule has 5 nitrogen and oxygen atoms in total. The number of guanidine groups is 1.